The molecule has 1 fully saturated rings. The minimum Gasteiger partial charge on any atom is -0.397 e. The number of carbonyl (C=O) groups is 1. The van der Waals surface area contributed by atoms with E-state index in [0.29, 0.717) is 16.9 Å². The molecule has 4 N–H and O–H groups in total. The number of anilines is 3. The van der Waals surface area contributed by atoms with E-state index in [4.69, 9.17) is 21.2 Å². The fraction of sp³-hybridized carbons (Fsp3) is 0.182. The number of para-hydroxylation sites is 2. The van der Waals surface area contributed by atoms with Crippen molar-refractivity contribution in [2.75, 3.05) is 28.9 Å². The summed E-state index contributed by atoms with van der Waals surface area (Å²) in [5.74, 6) is 5.28. The number of aromatic nitrogens is 2. The molecule has 43 heavy (non-hydrogen) atoms. The van der Waals surface area contributed by atoms with Crippen LogP contribution >= 0.6 is 11.3 Å². The van der Waals surface area contributed by atoms with Gasteiger partial charge in [-0.05, 0) is 61.4 Å². The Bertz CT molecular complexity index is 1700. The molecule has 10 heteroatoms. The van der Waals surface area contributed by atoms with Gasteiger partial charge in [0.15, 0.2) is 0 Å². The maximum atomic E-state index is 12.6. The molecule has 218 valence electrons. The highest BCUT2D eigenvalue weighted by Crippen LogP contribution is 2.32. The number of rotatable bonds is 7. The van der Waals surface area contributed by atoms with Crippen molar-refractivity contribution in [2.45, 2.75) is 26.1 Å². The molecule has 0 unspecified atom stereocenters. The summed E-state index contributed by atoms with van der Waals surface area (Å²) in [4.78, 5) is 20.2. The smallest absolute Gasteiger partial charge is 0.365 e. The lowest BCUT2D eigenvalue weighted by molar-refractivity contribution is -0.00522. The quantitative estimate of drug-likeness (QED) is 0.130. The topological polar surface area (TPSA) is 120 Å². The number of nitrogens with zero attached hydrogens (tertiary/aromatic N) is 4. The van der Waals surface area contributed by atoms with Crippen LogP contribution in [0.5, 0.6) is 0 Å². The largest absolute Gasteiger partial charge is 0.397 e. The van der Waals surface area contributed by atoms with Gasteiger partial charge < -0.3 is 20.2 Å². The van der Waals surface area contributed by atoms with E-state index in [-0.39, 0.29) is 12.2 Å². The lowest BCUT2D eigenvalue weighted by Crippen LogP contribution is -2.45. The number of morpholine rings is 1. The standard InChI is InChI=1S/C33H32N6O3S/c1-21-19-38(20-22(2)41-21)28-17-15-24(16-18-28)23-7-9-25(10-8-23)31-36-37-32(43-31)26-11-13-27(14-12-26)33(40)42-39(35)30-6-4-3-5-29(30)34/h3-18,21-22H,19-20,34-35H2,1-2H3/t21-,22+. The fourth-order valence-corrected chi connectivity index (χ4v) is 6.00. The summed E-state index contributed by atoms with van der Waals surface area (Å²) in [7, 11) is 0. The van der Waals surface area contributed by atoms with E-state index in [1.54, 1.807) is 36.4 Å². The number of ether oxygens (including phenoxy) is 1. The van der Waals surface area contributed by atoms with Crippen LogP contribution in [-0.4, -0.2) is 41.5 Å². The maximum Gasteiger partial charge on any atom is 0.365 e. The Kier molecular flexibility index (Phi) is 8.06. The Morgan fingerprint density at radius 3 is 1.91 bits per heavy atom. The third-order valence-electron chi connectivity index (χ3n) is 7.27. The van der Waals surface area contributed by atoms with Gasteiger partial charge in [-0.3, -0.25) is 0 Å². The number of hydrogen-bond acceptors (Lipinski definition) is 10. The second-order valence-electron chi connectivity index (χ2n) is 10.5. The van der Waals surface area contributed by atoms with Crippen LogP contribution < -0.4 is 21.6 Å². The van der Waals surface area contributed by atoms with E-state index in [1.165, 1.54) is 17.0 Å². The van der Waals surface area contributed by atoms with Gasteiger partial charge in [0.05, 0.1) is 23.5 Å². The summed E-state index contributed by atoms with van der Waals surface area (Å²) in [5.41, 5.74) is 12.4. The highest BCUT2D eigenvalue weighted by Gasteiger charge is 2.22. The summed E-state index contributed by atoms with van der Waals surface area (Å²) in [5, 5.41) is 11.2. The predicted molar refractivity (Wildman–Crippen MR) is 171 cm³/mol. The van der Waals surface area contributed by atoms with Gasteiger partial charge in [0.2, 0.25) is 0 Å². The van der Waals surface area contributed by atoms with Gasteiger partial charge in [0.1, 0.15) is 15.7 Å². The molecule has 2 heterocycles. The number of benzene rings is 4. The number of hydrogen-bond donors (Lipinski definition) is 2. The number of carbonyl (C=O) groups excluding carboxylic acids is 1. The number of nitrogens with two attached hydrogens (primary N) is 2. The Balaban J connectivity index is 1.10. The molecule has 0 amide bonds. The van der Waals surface area contributed by atoms with E-state index >= 15 is 0 Å². The molecular formula is C33H32N6O3S. The van der Waals surface area contributed by atoms with Crippen LogP contribution in [0.4, 0.5) is 17.1 Å². The summed E-state index contributed by atoms with van der Waals surface area (Å²) < 4.78 is 5.87. The highest BCUT2D eigenvalue weighted by atomic mass is 32.1. The Hall–Kier alpha value is -4.77. The van der Waals surface area contributed by atoms with E-state index in [0.717, 1.165) is 50.5 Å². The molecule has 1 aliphatic heterocycles. The van der Waals surface area contributed by atoms with Crippen LogP contribution in [0.2, 0.25) is 0 Å². The molecule has 1 aliphatic rings. The predicted octanol–water partition coefficient (Wildman–Crippen LogP) is 6.19. The average Bonchev–Trinajstić information content (AvgIpc) is 3.51. The molecule has 1 aromatic heterocycles. The maximum absolute atomic E-state index is 12.6. The van der Waals surface area contributed by atoms with Crippen LogP contribution in [-0.2, 0) is 9.57 Å². The fourth-order valence-electron chi connectivity index (χ4n) is 5.14. The van der Waals surface area contributed by atoms with Crippen LogP contribution in [0.1, 0.15) is 24.2 Å². The molecule has 0 radical (unpaired) electrons. The molecule has 6 rings (SSSR count). The summed E-state index contributed by atoms with van der Waals surface area (Å²) >= 11 is 1.49. The normalized spacial score (nSPS) is 16.6. The number of hydrazine groups is 1. The minimum atomic E-state index is -0.602. The van der Waals surface area contributed by atoms with Crippen molar-refractivity contribution in [2.24, 2.45) is 5.84 Å². The second kappa shape index (κ2) is 12.2. The van der Waals surface area contributed by atoms with E-state index in [1.807, 2.05) is 12.1 Å². The lowest BCUT2D eigenvalue weighted by Gasteiger charge is -2.36. The van der Waals surface area contributed by atoms with E-state index < -0.39 is 5.97 Å². The highest BCUT2D eigenvalue weighted by molar-refractivity contribution is 7.17. The van der Waals surface area contributed by atoms with Crippen LogP contribution in [0, 0.1) is 0 Å². The first kappa shape index (κ1) is 28.4. The van der Waals surface area contributed by atoms with Crippen molar-refractivity contribution in [1.82, 2.24) is 10.2 Å². The molecule has 1 saturated heterocycles. The zero-order valence-corrected chi connectivity index (χ0v) is 24.7. The van der Waals surface area contributed by atoms with E-state index in [2.05, 4.69) is 77.5 Å². The molecule has 2 atom stereocenters. The average molecular weight is 593 g/mol. The van der Waals surface area contributed by atoms with Crippen molar-refractivity contribution in [3.05, 3.63) is 103 Å². The summed E-state index contributed by atoms with van der Waals surface area (Å²) in [6.07, 6.45) is 0.451. The van der Waals surface area contributed by atoms with Crippen LogP contribution in [0.15, 0.2) is 97.1 Å². The van der Waals surface area contributed by atoms with Gasteiger partial charge in [-0.15, -0.1) is 15.4 Å². The van der Waals surface area contributed by atoms with Gasteiger partial charge in [-0.25, -0.2) is 10.6 Å². The molecule has 0 spiro atoms. The van der Waals surface area contributed by atoms with Crippen LogP contribution in [0.25, 0.3) is 32.3 Å². The first-order valence-corrected chi connectivity index (χ1v) is 14.8. The molecule has 0 bridgehead atoms. The molecule has 4 aromatic carbocycles. The van der Waals surface area contributed by atoms with Crippen molar-refractivity contribution < 1.29 is 14.4 Å². The van der Waals surface area contributed by atoms with Gasteiger partial charge in [-0.2, -0.15) is 0 Å². The summed E-state index contributed by atoms with van der Waals surface area (Å²) in [6, 6.07) is 30.9. The van der Waals surface area contributed by atoms with Gasteiger partial charge in [-0.1, -0.05) is 72.0 Å². The zero-order chi connectivity index (χ0) is 29.9. The molecule has 0 aliphatic carbocycles. The molecular weight excluding hydrogens is 560 g/mol. The van der Waals surface area contributed by atoms with Crippen molar-refractivity contribution in [1.29, 1.82) is 0 Å². The second-order valence-corrected chi connectivity index (χ2v) is 11.5. The lowest BCUT2D eigenvalue weighted by atomic mass is 10.0. The Morgan fingerprint density at radius 1 is 0.814 bits per heavy atom. The monoisotopic (exact) mass is 592 g/mol. The Labute approximate surface area is 254 Å². The third kappa shape index (κ3) is 6.36. The molecule has 9 nitrogen and oxygen atoms in total. The van der Waals surface area contributed by atoms with Gasteiger partial charge in [0, 0.05) is 29.9 Å². The number of nitrogen functional groups attached to an aromatic ring is 1. The van der Waals surface area contributed by atoms with Gasteiger partial charge in [0.25, 0.3) is 0 Å². The van der Waals surface area contributed by atoms with Crippen LogP contribution in [0.3, 0.4) is 0 Å². The van der Waals surface area contributed by atoms with Crippen molar-refractivity contribution in [3.8, 4) is 32.3 Å². The molecule has 5 aromatic rings. The van der Waals surface area contributed by atoms with Crippen molar-refractivity contribution in [3.63, 3.8) is 0 Å². The van der Waals surface area contributed by atoms with Gasteiger partial charge >= 0.3 is 5.97 Å². The minimum absolute atomic E-state index is 0.226. The van der Waals surface area contributed by atoms with Crippen molar-refractivity contribution >= 4 is 34.4 Å². The zero-order valence-electron chi connectivity index (χ0n) is 23.9. The summed E-state index contributed by atoms with van der Waals surface area (Å²) in [6.45, 7) is 6.04. The first-order valence-electron chi connectivity index (χ1n) is 14.0. The first-order chi connectivity index (χ1) is 20.8. The Morgan fingerprint density at radius 2 is 1.33 bits per heavy atom. The third-order valence-corrected chi connectivity index (χ3v) is 8.29. The SMILES string of the molecule is C[C@@H]1CN(c2ccc(-c3ccc(-c4nnc(-c5ccc(C(=O)ON(N)c6ccccc6N)cc5)s4)cc3)cc2)C[C@H](C)O1. The molecule has 0 saturated carbocycles. The van der Waals surface area contributed by atoms with E-state index in [9.17, 15) is 4.79 Å².